The van der Waals surface area contributed by atoms with E-state index < -0.39 is 0 Å². The van der Waals surface area contributed by atoms with Crippen molar-refractivity contribution in [3.05, 3.63) is 42.1 Å². The Hall–Kier alpha value is -2.14. The first-order valence-electron chi connectivity index (χ1n) is 5.53. The average molecular weight is 227 g/mol. The van der Waals surface area contributed by atoms with Gasteiger partial charge in [0.2, 0.25) is 5.95 Å². The van der Waals surface area contributed by atoms with Crippen molar-refractivity contribution in [3.63, 3.8) is 0 Å². The van der Waals surface area contributed by atoms with Crippen LogP contribution in [-0.2, 0) is 6.42 Å². The van der Waals surface area contributed by atoms with Crippen LogP contribution in [0.5, 0.6) is 0 Å². The molecule has 2 aromatic rings. The summed E-state index contributed by atoms with van der Waals surface area (Å²) >= 11 is 0. The Morgan fingerprint density at radius 2 is 2.12 bits per heavy atom. The van der Waals surface area contributed by atoms with Gasteiger partial charge in [0.15, 0.2) is 0 Å². The first-order valence-corrected chi connectivity index (χ1v) is 5.53. The van der Waals surface area contributed by atoms with E-state index in [9.17, 15) is 0 Å². The molecule has 1 aromatic heterocycles. The number of anilines is 3. The lowest BCUT2D eigenvalue weighted by atomic mass is 10.2. The summed E-state index contributed by atoms with van der Waals surface area (Å²) in [5.41, 5.74) is 5.04. The first-order chi connectivity index (χ1) is 8.38. The van der Waals surface area contributed by atoms with E-state index in [1.54, 1.807) is 6.20 Å². The van der Waals surface area contributed by atoms with Crippen molar-refractivity contribution in [3.8, 4) is 0 Å². The minimum atomic E-state index is 0.437. The topological polar surface area (TPSA) is 67.1 Å². The molecule has 5 heteroatoms. The van der Waals surface area contributed by atoms with Crippen LogP contribution in [0, 0.1) is 0 Å². The summed E-state index contributed by atoms with van der Waals surface area (Å²) in [5.74, 6) is 6.63. The Kier molecular flexibility index (Phi) is 2.38. The van der Waals surface area contributed by atoms with Crippen molar-refractivity contribution in [2.45, 2.75) is 6.42 Å². The van der Waals surface area contributed by atoms with Crippen molar-refractivity contribution in [2.24, 2.45) is 5.84 Å². The van der Waals surface area contributed by atoms with Crippen LogP contribution in [0.25, 0.3) is 0 Å². The minimum Gasteiger partial charge on any atom is -0.326 e. The molecule has 1 aliphatic heterocycles. The number of hydrogen-bond acceptors (Lipinski definition) is 5. The molecular formula is C12H13N5. The number of rotatable bonds is 2. The number of nitrogen functional groups attached to an aromatic ring is 1. The van der Waals surface area contributed by atoms with Crippen LogP contribution < -0.4 is 16.2 Å². The minimum absolute atomic E-state index is 0.437. The standard InChI is InChI=1S/C12H13N5/c13-16-12-14-7-5-11(15-12)17-8-6-9-3-1-2-4-10(9)17/h1-5,7H,6,8,13H2,(H,14,15,16). The molecule has 2 heterocycles. The molecule has 3 N–H and O–H groups in total. The summed E-state index contributed by atoms with van der Waals surface area (Å²) in [7, 11) is 0. The lowest BCUT2D eigenvalue weighted by molar-refractivity contribution is 0.962. The summed E-state index contributed by atoms with van der Waals surface area (Å²) < 4.78 is 0. The highest BCUT2D eigenvalue weighted by Gasteiger charge is 2.20. The van der Waals surface area contributed by atoms with Gasteiger partial charge in [0.1, 0.15) is 5.82 Å². The Morgan fingerprint density at radius 1 is 1.24 bits per heavy atom. The summed E-state index contributed by atoms with van der Waals surface area (Å²) in [4.78, 5) is 10.5. The summed E-state index contributed by atoms with van der Waals surface area (Å²) in [6.45, 7) is 0.945. The molecule has 1 aromatic carbocycles. The Balaban J connectivity index is 2.01. The van der Waals surface area contributed by atoms with Crippen molar-refractivity contribution in [2.75, 3.05) is 16.9 Å². The van der Waals surface area contributed by atoms with E-state index >= 15 is 0 Å². The summed E-state index contributed by atoms with van der Waals surface area (Å²) in [6.07, 6.45) is 2.75. The summed E-state index contributed by atoms with van der Waals surface area (Å²) in [6, 6.07) is 10.3. The van der Waals surface area contributed by atoms with Gasteiger partial charge in [-0.2, -0.15) is 4.98 Å². The van der Waals surface area contributed by atoms with Gasteiger partial charge in [0, 0.05) is 18.4 Å². The second-order valence-electron chi connectivity index (χ2n) is 3.91. The van der Waals surface area contributed by atoms with E-state index in [0.29, 0.717) is 5.95 Å². The van der Waals surface area contributed by atoms with Gasteiger partial charge in [-0.1, -0.05) is 18.2 Å². The molecule has 3 rings (SSSR count). The molecule has 17 heavy (non-hydrogen) atoms. The zero-order valence-corrected chi connectivity index (χ0v) is 9.30. The molecular weight excluding hydrogens is 214 g/mol. The molecule has 0 saturated heterocycles. The SMILES string of the molecule is NNc1nccc(N2CCc3ccccc32)n1. The normalized spacial score (nSPS) is 13.6. The number of hydrogen-bond donors (Lipinski definition) is 2. The predicted molar refractivity (Wildman–Crippen MR) is 67.0 cm³/mol. The number of nitrogens with zero attached hydrogens (tertiary/aromatic N) is 3. The van der Waals surface area contributed by atoms with Gasteiger partial charge in [0.05, 0.1) is 0 Å². The van der Waals surface area contributed by atoms with Gasteiger partial charge < -0.3 is 4.90 Å². The Labute approximate surface area is 99.3 Å². The van der Waals surface area contributed by atoms with E-state index in [-0.39, 0.29) is 0 Å². The molecule has 0 bridgehead atoms. The van der Waals surface area contributed by atoms with Crippen molar-refractivity contribution >= 4 is 17.5 Å². The third-order valence-corrected chi connectivity index (χ3v) is 2.93. The van der Waals surface area contributed by atoms with Crippen LogP contribution in [0.2, 0.25) is 0 Å². The molecule has 0 radical (unpaired) electrons. The monoisotopic (exact) mass is 227 g/mol. The van der Waals surface area contributed by atoms with Crippen molar-refractivity contribution < 1.29 is 0 Å². The fourth-order valence-corrected chi connectivity index (χ4v) is 2.15. The zero-order chi connectivity index (χ0) is 11.7. The first kappa shape index (κ1) is 10.0. The maximum absolute atomic E-state index is 5.32. The van der Waals surface area contributed by atoms with E-state index in [2.05, 4.69) is 38.5 Å². The number of para-hydroxylation sites is 1. The lowest BCUT2D eigenvalue weighted by Gasteiger charge is -2.18. The van der Waals surface area contributed by atoms with Gasteiger partial charge in [0.25, 0.3) is 0 Å². The van der Waals surface area contributed by atoms with Crippen LogP contribution in [0.3, 0.4) is 0 Å². The van der Waals surface area contributed by atoms with Gasteiger partial charge in [-0.3, -0.25) is 5.43 Å². The Bertz CT molecular complexity index is 540. The quantitative estimate of drug-likeness (QED) is 0.600. The molecule has 5 nitrogen and oxygen atoms in total. The third-order valence-electron chi connectivity index (χ3n) is 2.93. The van der Waals surface area contributed by atoms with Gasteiger partial charge >= 0.3 is 0 Å². The second-order valence-corrected chi connectivity index (χ2v) is 3.91. The van der Waals surface area contributed by atoms with Gasteiger partial charge in [-0.25, -0.2) is 10.8 Å². The maximum Gasteiger partial charge on any atom is 0.239 e. The van der Waals surface area contributed by atoms with E-state index in [0.717, 1.165) is 18.8 Å². The highest BCUT2D eigenvalue weighted by atomic mass is 15.3. The zero-order valence-electron chi connectivity index (χ0n) is 9.30. The van der Waals surface area contributed by atoms with Crippen LogP contribution in [-0.4, -0.2) is 16.5 Å². The number of hydrazine groups is 1. The average Bonchev–Trinajstić information content (AvgIpc) is 2.82. The van der Waals surface area contributed by atoms with Gasteiger partial charge in [-0.15, -0.1) is 0 Å². The van der Waals surface area contributed by atoms with E-state index in [1.165, 1.54) is 11.3 Å². The van der Waals surface area contributed by atoms with Crippen molar-refractivity contribution in [1.29, 1.82) is 0 Å². The molecule has 0 atom stereocenters. The highest BCUT2D eigenvalue weighted by molar-refractivity contribution is 5.67. The molecule has 86 valence electrons. The number of fused-ring (bicyclic) bond motifs is 1. The van der Waals surface area contributed by atoms with Crippen molar-refractivity contribution in [1.82, 2.24) is 9.97 Å². The smallest absolute Gasteiger partial charge is 0.239 e. The van der Waals surface area contributed by atoms with Gasteiger partial charge in [-0.05, 0) is 24.1 Å². The number of benzene rings is 1. The highest BCUT2D eigenvalue weighted by Crippen LogP contribution is 2.32. The van der Waals surface area contributed by atoms with Crippen LogP contribution in [0.1, 0.15) is 5.56 Å². The third kappa shape index (κ3) is 1.70. The molecule has 1 aliphatic rings. The van der Waals surface area contributed by atoms with E-state index in [4.69, 9.17) is 5.84 Å². The molecule has 0 spiro atoms. The molecule has 0 unspecified atom stereocenters. The molecule has 0 fully saturated rings. The number of nitrogens with two attached hydrogens (primary N) is 1. The summed E-state index contributed by atoms with van der Waals surface area (Å²) in [5, 5.41) is 0. The molecule has 0 aliphatic carbocycles. The largest absolute Gasteiger partial charge is 0.326 e. The number of aromatic nitrogens is 2. The maximum atomic E-state index is 5.32. The number of nitrogens with one attached hydrogen (secondary N) is 1. The lowest BCUT2D eigenvalue weighted by Crippen LogP contribution is -2.17. The van der Waals surface area contributed by atoms with E-state index in [1.807, 2.05) is 12.1 Å². The molecule has 0 saturated carbocycles. The Morgan fingerprint density at radius 3 is 3.00 bits per heavy atom. The molecule has 0 amide bonds. The van der Waals surface area contributed by atoms with Crippen LogP contribution in [0.4, 0.5) is 17.5 Å². The van der Waals surface area contributed by atoms with Crippen LogP contribution >= 0.6 is 0 Å². The fourth-order valence-electron chi connectivity index (χ4n) is 2.15. The fraction of sp³-hybridized carbons (Fsp3) is 0.167. The van der Waals surface area contributed by atoms with Crippen LogP contribution in [0.15, 0.2) is 36.5 Å². The predicted octanol–water partition coefficient (Wildman–Crippen LogP) is 1.46. The second kappa shape index (κ2) is 4.03.